The van der Waals surface area contributed by atoms with Crippen LogP contribution in [0.25, 0.3) is 0 Å². The van der Waals surface area contributed by atoms with Gasteiger partial charge in [0.2, 0.25) is 5.91 Å². The number of rotatable bonds is 17. The van der Waals surface area contributed by atoms with Crippen LogP contribution in [0.2, 0.25) is 0 Å². The molecule has 1 aromatic heterocycles. The first-order valence-electron chi connectivity index (χ1n) is 15.2. The molecule has 0 spiro atoms. The van der Waals surface area contributed by atoms with Gasteiger partial charge in [-0.05, 0) is 80.6 Å². The number of benzene rings is 2. The smallest absolute Gasteiger partial charge is 0.249 e. The van der Waals surface area contributed by atoms with Gasteiger partial charge in [0.05, 0.1) is 30.1 Å². The molecule has 0 bridgehead atoms. The molecule has 43 heavy (non-hydrogen) atoms. The Bertz CT molecular complexity index is 1330. The van der Waals surface area contributed by atoms with Crippen molar-refractivity contribution in [3.8, 4) is 5.75 Å². The Hall–Kier alpha value is -3.57. The Morgan fingerprint density at radius 2 is 1.95 bits per heavy atom. The van der Waals surface area contributed by atoms with Gasteiger partial charge < -0.3 is 25.0 Å². The van der Waals surface area contributed by atoms with Gasteiger partial charge in [-0.15, -0.1) is 5.10 Å². The fourth-order valence-corrected chi connectivity index (χ4v) is 5.48. The molecule has 232 valence electrons. The number of methoxy groups -OCH3 is 1. The van der Waals surface area contributed by atoms with E-state index in [1.807, 2.05) is 55.6 Å². The molecule has 4 rings (SSSR count). The summed E-state index contributed by atoms with van der Waals surface area (Å²) in [6.45, 7) is 6.25. The Morgan fingerprint density at radius 1 is 1.14 bits per heavy atom. The maximum Gasteiger partial charge on any atom is 0.249 e. The zero-order valence-corrected chi connectivity index (χ0v) is 25.5. The van der Waals surface area contributed by atoms with Crippen molar-refractivity contribution in [2.24, 2.45) is 5.92 Å². The number of allylic oxidation sites excluding steroid dienone is 1. The van der Waals surface area contributed by atoms with Gasteiger partial charge >= 0.3 is 0 Å². The van der Waals surface area contributed by atoms with Gasteiger partial charge in [0, 0.05) is 51.1 Å². The second-order valence-electron chi connectivity index (χ2n) is 10.8. The van der Waals surface area contributed by atoms with Crippen molar-refractivity contribution in [1.29, 1.82) is 0 Å². The quantitative estimate of drug-likeness (QED) is 0.158. The van der Waals surface area contributed by atoms with Gasteiger partial charge in [0.25, 0.3) is 0 Å². The number of hydrogen-bond acceptors (Lipinski definition) is 8. The first-order chi connectivity index (χ1) is 21.0. The Labute approximate surface area is 254 Å². The molecule has 1 aliphatic rings. The van der Waals surface area contributed by atoms with E-state index < -0.39 is 0 Å². The number of hydrogen-bond donors (Lipinski definition) is 3. The molecule has 0 fully saturated rings. The zero-order valence-electron chi connectivity index (χ0n) is 25.5. The van der Waals surface area contributed by atoms with Gasteiger partial charge in [-0.2, -0.15) is 0 Å². The molecule has 3 aromatic rings. The number of nitrogens with zero attached hydrogens (tertiary/aromatic N) is 4. The van der Waals surface area contributed by atoms with Crippen molar-refractivity contribution in [2.45, 2.75) is 64.6 Å². The molecule has 3 N–H and O–H groups in total. The maximum absolute atomic E-state index is 13.8. The molecule has 0 saturated heterocycles. The third-order valence-corrected chi connectivity index (χ3v) is 7.65. The van der Waals surface area contributed by atoms with E-state index in [-0.39, 0.29) is 37.2 Å². The molecule has 0 radical (unpaired) electrons. The van der Waals surface area contributed by atoms with Crippen LogP contribution in [-0.4, -0.2) is 70.6 Å². The normalized spacial score (nSPS) is 16.4. The second-order valence-corrected chi connectivity index (χ2v) is 10.8. The average molecular weight is 592 g/mol. The first-order valence-corrected chi connectivity index (χ1v) is 15.2. The number of carbonyl (C=O) groups is 1. The third kappa shape index (κ3) is 8.51. The first kappa shape index (κ1) is 32.3. The van der Waals surface area contributed by atoms with Crippen molar-refractivity contribution in [3.63, 3.8) is 0 Å². The van der Waals surface area contributed by atoms with Crippen LogP contribution < -0.4 is 15.0 Å². The van der Waals surface area contributed by atoms with Crippen molar-refractivity contribution < 1.29 is 24.5 Å². The van der Waals surface area contributed by atoms with Crippen molar-refractivity contribution in [2.75, 3.05) is 38.4 Å². The lowest BCUT2D eigenvalue weighted by Gasteiger charge is -2.35. The number of aliphatic hydroxyl groups is 2. The van der Waals surface area contributed by atoms with Gasteiger partial charge in [-0.25, -0.2) is 0 Å². The molecular formula is C33H45N5O5. The molecule has 2 heterocycles. The minimum absolute atomic E-state index is 0.00358. The second kappa shape index (κ2) is 16.3. The minimum atomic E-state index is -0.363. The molecule has 2 aromatic carbocycles. The standard InChI is InChI=1S/C33H45N5O5/c1-4-43-29-14-15-31-26(21-29)22-30(34-17-6-8-19-39)33(41)38(31)28-12-10-25(11-13-28)32(42-3)24(2)9-5-7-18-37-23-27(16-20-40)35-36-37/h5,9-15,21,23-24,30,32,34,39-40H,4,6-8,16-20,22H2,1-3H3/b9-5+/t24-,30?,32+/m0/s1. The number of aromatic nitrogens is 3. The SMILES string of the molecule is CCOc1ccc2c(c1)CC(NCCCCO)C(=O)N2c1ccc([C@H](OC)[C@@H](C)/C=C/CCn2cc(CCO)nn2)cc1. The van der Waals surface area contributed by atoms with Crippen LogP contribution in [0.5, 0.6) is 5.75 Å². The van der Waals surface area contributed by atoms with Gasteiger partial charge in [-0.1, -0.05) is 36.4 Å². The van der Waals surface area contributed by atoms with Gasteiger partial charge in [-0.3, -0.25) is 14.4 Å². The van der Waals surface area contributed by atoms with Crippen LogP contribution in [-0.2, 0) is 28.9 Å². The molecule has 3 atom stereocenters. The van der Waals surface area contributed by atoms with E-state index in [1.54, 1.807) is 16.7 Å². The van der Waals surface area contributed by atoms with Crippen molar-refractivity contribution in [3.05, 3.63) is 77.6 Å². The Morgan fingerprint density at radius 3 is 2.67 bits per heavy atom. The van der Waals surface area contributed by atoms with Crippen LogP contribution in [0.15, 0.2) is 60.8 Å². The summed E-state index contributed by atoms with van der Waals surface area (Å²) in [5, 5.41) is 29.8. The van der Waals surface area contributed by atoms with Crippen LogP contribution in [0.1, 0.15) is 56.0 Å². The summed E-state index contributed by atoms with van der Waals surface area (Å²) in [5.74, 6) is 0.921. The summed E-state index contributed by atoms with van der Waals surface area (Å²) in [5.41, 5.74) is 4.54. The largest absolute Gasteiger partial charge is 0.494 e. The van der Waals surface area contributed by atoms with E-state index in [0.717, 1.165) is 46.8 Å². The van der Waals surface area contributed by atoms with Crippen LogP contribution >= 0.6 is 0 Å². The topological polar surface area (TPSA) is 122 Å². The lowest BCUT2D eigenvalue weighted by molar-refractivity contribution is -0.120. The Kier molecular flexibility index (Phi) is 12.3. The summed E-state index contributed by atoms with van der Waals surface area (Å²) in [6, 6.07) is 13.6. The van der Waals surface area contributed by atoms with Crippen molar-refractivity contribution >= 4 is 17.3 Å². The maximum atomic E-state index is 13.8. The summed E-state index contributed by atoms with van der Waals surface area (Å²) in [7, 11) is 1.72. The summed E-state index contributed by atoms with van der Waals surface area (Å²) < 4.78 is 13.4. The lowest BCUT2D eigenvalue weighted by atomic mass is 9.94. The number of ether oxygens (including phenoxy) is 2. The fourth-order valence-electron chi connectivity index (χ4n) is 5.48. The predicted molar refractivity (Wildman–Crippen MR) is 166 cm³/mol. The molecule has 1 amide bonds. The monoisotopic (exact) mass is 591 g/mol. The van der Waals surface area contributed by atoms with Gasteiger partial charge in [0.15, 0.2) is 0 Å². The molecular weight excluding hydrogens is 546 g/mol. The fraction of sp³-hybridized carbons (Fsp3) is 0.485. The summed E-state index contributed by atoms with van der Waals surface area (Å²) in [4.78, 5) is 15.6. The number of fused-ring (bicyclic) bond motifs is 1. The highest BCUT2D eigenvalue weighted by Gasteiger charge is 2.34. The highest BCUT2D eigenvalue weighted by Crippen LogP contribution is 2.37. The van der Waals surface area contributed by atoms with Crippen LogP contribution in [0.3, 0.4) is 0 Å². The van der Waals surface area contributed by atoms with E-state index in [1.165, 1.54) is 0 Å². The van der Waals surface area contributed by atoms with Gasteiger partial charge in [0.1, 0.15) is 5.75 Å². The average Bonchev–Trinajstić information content (AvgIpc) is 3.46. The number of unbranched alkanes of at least 4 members (excludes halogenated alkanes) is 1. The zero-order chi connectivity index (χ0) is 30.6. The molecule has 10 heteroatoms. The van der Waals surface area contributed by atoms with E-state index in [0.29, 0.717) is 39.0 Å². The minimum Gasteiger partial charge on any atom is -0.494 e. The third-order valence-electron chi connectivity index (χ3n) is 7.65. The highest BCUT2D eigenvalue weighted by molar-refractivity contribution is 6.06. The summed E-state index contributed by atoms with van der Waals surface area (Å²) in [6.07, 6.45) is 9.41. The molecule has 1 aliphatic heterocycles. The van der Waals surface area contributed by atoms with Crippen LogP contribution in [0.4, 0.5) is 11.4 Å². The Balaban J connectivity index is 1.46. The number of carbonyl (C=O) groups excluding carboxylic acids is 1. The van der Waals surface area contributed by atoms with E-state index in [2.05, 4.69) is 34.7 Å². The summed E-state index contributed by atoms with van der Waals surface area (Å²) >= 11 is 0. The number of anilines is 2. The number of aliphatic hydroxyl groups excluding tert-OH is 2. The number of amides is 1. The van der Waals surface area contributed by atoms with Crippen molar-refractivity contribution in [1.82, 2.24) is 20.3 Å². The van der Waals surface area contributed by atoms with E-state index in [4.69, 9.17) is 19.7 Å². The number of aryl methyl sites for hydroxylation is 1. The van der Waals surface area contributed by atoms with E-state index >= 15 is 0 Å². The molecule has 0 saturated carbocycles. The lowest BCUT2D eigenvalue weighted by Crippen LogP contribution is -2.49. The molecule has 10 nitrogen and oxygen atoms in total. The number of nitrogens with one attached hydrogen (secondary N) is 1. The molecule has 0 aliphatic carbocycles. The van der Waals surface area contributed by atoms with E-state index in [9.17, 15) is 4.79 Å². The predicted octanol–water partition coefficient (Wildman–Crippen LogP) is 4.13. The molecule has 1 unspecified atom stereocenters. The van der Waals surface area contributed by atoms with Crippen LogP contribution in [0, 0.1) is 5.92 Å². The highest BCUT2D eigenvalue weighted by atomic mass is 16.5.